The molecular weight excluding hydrogens is 496 g/mol. The number of aldehydes is 1. The number of ketones is 1. The fourth-order valence-corrected chi connectivity index (χ4v) is 8.44. The van der Waals surface area contributed by atoms with Crippen LogP contribution in [0.15, 0.2) is 12.2 Å². The average molecular weight is 533 g/mol. The summed E-state index contributed by atoms with van der Waals surface area (Å²) in [5.74, 6) is -5.38. The maximum Gasteiger partial charge on any atom is 0.302 e. The Labute approximate surface area is 221 Å². The van der Waals surface area contributed by atoms with Gasteiger partial charge in [-0.2, -0.15) is 0 Å². The zero-order chi connectivity index (χ0) is 28.4. The van der Waals surface area contributed by atoms with Crippen molar-refractivity contribution < 1.29 is 47.7 Å². The molecular formula is C28H36O10. The van der Waals surface area contributed by atoms with E-state index in [1.165, 1.54) is 27.7 Å². The van der Waals surface area contributed by atoms with E-state index in [0.29, 0.717) is 12.8 Å². The number of hydrogen-bond acceptors (Lipinski definition) is 10. The van der Waals surface area contributed by atoms with Gasteiger partial charge in [0, 0.05) is 39.5 Å². The fraction of sp³-hybridized carbons (Fsp3) is 0.714. The second-order valence-corrected chi connectivity index (χ2v) is 11.9. The van der Waals surface area contributed by atoms with Gasteiger partial charge >= 0.3 is 23.9 Å². The Kier molecular flexibility index (Phi) is 6.85. The van der Waals surface area contributed by atoms with Gasteiger partial charge in [-0.3, -0.25) is 24.0 Å². The third kappa shape index (κ3) is 3.81. The van der Waals surface area contributed by atoms with Gasteiger partial charge in [-0.25, -0.2) is 0 Å². The van der Waals surface area contributed by atoms with Crippen LogP contribution in [0.4, 0.5) is 0 Å². The molecule has 1 spiro atoms. The van der Waals surface area contributed by atoms with Gasteiger partial charge in [0.15, 0.2) is 5.78 Å². The highest BCUT2D eigenvalue weighted by Gasteiger charge is 2.81. The first-order valence-electron chi connectivity index (χ1n) is 13.0. The second kappa shape index (κ2) is 9.31. The average Bonchev–Trinajstić information content (AvgIpc) is 2.91. The molecule has 4 aliphatic rings. The monoisotopic (exact) mass is 532 g/mol. The van der Waals surface area contributed by atoms with Crippen molar-refractivity contribution in [2.24, 2.45) is 34.0 Å². The SMILES string of the molecule is C=C1C(=O)C23C(OC(C)=O)CC4C(C)(C)CCC(OC(C)=O)C4(C=O)C2C(OC(C)=O)CC1C3OC(C)=O. The highest BCUT2D eigenvalue weighted by molar-refractivity contribution is 6.05. The summed E-state index contributed by atoms with van der Waals surface area (Å²) in [7, 11) is 0. The molecule has 2 bridgehead atoms. The van der Waals surface area contributed by atoms with Crippen LogP contribution in [0, 0.1) is 34.0 Å². The van der Waals surface area contributed by atoms with Crippen molar-refractivity contribution in [3.63, 3.8) is 0 Å². The molecule has 0 aliphatic heterocycles. The lowest BCUT2D eigenvalue weighted by Crippen LogP contribution is -2.75. The third-order valence-corrected chi connectivity index (χ3v) is 9.45. The van der Waals surface area contributed by atoms with Gasteiger partial charge < -0.3 is 23.7 Å². The zero-order valence-corrected chi connectivity index (χ0v) is 22.7. The largest absolute Gasteiger partial charge is 0.462 e. The summed E-state index contributed by atoms with van der Waals surface area (Å²) in [6, 6.07) is 0. The van der Waals surface area contributed by atoms with Crippen molar-refractivity contribution >= 4 is 35.9 Å². The molecule has 4 aliphatic carbocycles. The van der Waals surface area contributed by atoms with Gasteiger partial charge in [0.05, 0.1) is 5.41 Å². The number of fused-ring (bicyclic) bond motifs is 3. The maximum absolute atomic E-state index is 14.3. The molecule has 10 nitrogen and oxygen atoms in total. The Bertz CT molecular complexity index is 1110. The van der Waals surface area contributed by atoms with E-state index in [1.807, 2.05) is 13.8 Å². The van der Waals surface area contributed by atoms with Crippen molar-refractivity contribution in [2.45, 2.75) is 91.6 Å². The zero-order valence-electron chi connectivity index (χ0n) is 22.7. The van der Waals surface area contributed by atoms with Crippen LogP contribution in [0.2, 0.25) is 0 Å². The number of rotatable bonds is 5. The summed E-state index contributed by atoms with van der Waals surface area (Å²) in [5.41, 5.74) is -3.62. The molecule has 0 aromatic heterocycles. The van der Waals surface area contributed by atoms with Crippen molar-refractivity contribution in [2.75, 3.05) is 0 Å². The quantitative estimate of drug-likeness (QED) is 0.224. The minimum absolute atomic E-state index is 0.0663. The number of ether oxygens (including phenoxy) is 4. The maximum atomic E-state index is 14.3. The van der Waals surface area contributed by atoms with E-state index in [9.17, 15) is 28.8 Å². The van der Waals surface area contributed by atoms with Gasteiger partial charge in [0.1, 0.15) is 36.1 Å². The van der Waals surface area contributed by atoms with Crippen LogP contribution >= 0.6 is 0 Å². The Morgan fingerprint density at radius 3 is 1.95 bits per heavy atom. The minimum atomic E-state index is -1.76. The predicted octanol–water partition coefficient (Wildman–Crippen LogP) is 2.50. The number of carbonyl (C=O) groups is 6. The van der Waals surface area contributed by atoms with E-state index < -0.39 is 88.1 Å². The molecule has 0 aromatic carbocycles. The van der Waals surface area contributed by atoms with Crippen molar-refractivity contribution in [1.82, 2.24) is 0 Å². The van der Waals surface area contributed by atoms with Crippen LogP contribution in [-0.2, 0) is 47.7 Å². The van der Waals surface area contributed by atoms with E-state index >= 15 is 0 Å². The number of esters is 4. The van der Waals surface area contributed by atoms with Crippen molar-refractivity contribution in [3.8, 4) is 0 Å². The minimum Gasteiger partial charge on any atom is -0.462 e. The summed E-state index contributed by atoms with van der Waals surface area (Å²) in [6.07, 6.45) is -2.35. The molecule has 0 radical (unpaired) electrons. The Morgan fingerprint density at radius 1 is 0.868 bits per heavy atom. The summed E-state index contributed by atoms with van der Waals surface area (Å²) in [4.78, 5) is 77.3. The lowest BCUT2D eigenvalue weighted by Gasteiger charge is -2.66. The summed E-state index contributed by atoms with van der Waals surface area (Å²) in [5, 5.41) is 0. The normalized spacial score (nSPS) is 40.7. The molecule has 9 atom stereocenters. The van der Waals surface area contributed by atoms with E-state index in [0.717, 1.165) is 6.29 Å². The molecule has 38 heavy (non-hydrogen) atoms. The van der Waals surface area contributed by atoms with Gasteiger partial charge in [0.2, 0.25) is 0 Å². The lowest BCUT2D eigenvalue weighted by atomic mass is 9.38. The molecule has 0 aromatic rings. The first kappa shape index (κ1) is 28.0. The van der Waals surface area contributed by atoms with Crippen LogP contribution in [-0.4, -0.2) is 60.4 Å². The van der Waals surface area contributed by atoms with Crippen LogP contribution in [0.5, 0.6) is 0 Å². The van der Waals surface area contributed by atoms with Gasteiger partial charge in [-0.05, 0) is 42.6 Å². The Balaban J connectivity index is 2.10. The van der Waals surface area contributed by atoms with Gasteiger partial charge in [0.25, 0.3) is 0 Å². The number of hydrogen-bond donors (Lipinski definition) is 0. The molecule has 9 unspecified atom stereocenters. The molecule has 0 N–H and O–H groups in total. The summed E-state index contributed by atoms with van der Waals surface area (Å²) in [6.45, 7) is 12.9. The molecule has 4 saturated carbocycles. The predicted molar refractivity (Wildman–Crippen MR) is 130 cm³/mol. The van der Waals surface area contributed by atoms with Crippen LogP contribution in [0.25, 0.3) is 0 Å². The first-order chi connectivity index (χ1) is 17.6. The molecule has 208 valence electrons. The lowest BCUT2D eigenvalue weighted by molar-refractivity contribution is -0.276. The Morgan fingerprint density at radius 2 is 1.42 bits per heavy atom. The van der Waals surface area contributed by atoms with Gasteiger partial charge in [-0.15, -0.1) is 0 Å². The number of Topliss-reactive ketones (excluding diaryl/α,β-unsaturated/α-hetero) is 1. The smallest absolute Gasteiger partial charge is 0.302 e. The highest BCUT2D eigenvalue weighted by Crippen LogP contribution is 2.72. The van der Waals surface area contributed by atoms with Crippen LogP contribution in [0.1, 0.15) is 67.2 Å². The molecule has 4 rings (SSSR count). The summed E-state index contributed by atoms with van der Waals surface area (Å²) < 4.78 is 23.3. The highest BCUT2D eigenvalue weighted by atomic mass is 16.6. The summed E-state index contributed by atoms with van der Waals surface area (Å²) >= 11 is 0. The first-order valence-corrected chi connectivity index (χ1v) is 13.0. The van der Waals surface area contributed by atoms with E-state index in [-0.39, 0.29) is 18.4 Å². The van der Waals surface area contributed by atoms with Crippen LogP contribution in [0.3, 0.4) is 0 Å². The topological polar surface area (TPSA) is 139 Å². The third-order valence-electron chi connectivity index (χ3n) is 9.45. The molecule has 0 amide bonds. The molecule has 0 saturated heterocycles. The molecule has 0 heterocycles. The van der Waals surface area contributed by atoms with Crippen molar-refractivity contribution in [1.29, 1.82) is 0 Å². The molecule has 10 heteroatoms. The second-order valence-electron chi connectivity index (χ2n) is 11.9. The van der Waals surface area contributed by atoms with Crippen LogP contribution < -0.4 is 0 Å². The number of carbonyl (C=O) groups excluding carboxylic acids is 6. The van der Waals surface area contributed by atoms with E-state index in [1.54, 1.807) is 0 Å². The Hall–Kier alpha value is -3.04. The standard InChI is InChI=1S/C28H36O10/c1-13-18-10-19(35-14(2)30)23-27(12-29)20(26(6,7)9-8-21(27)36-15(3)31)11-22(37-16(4)32)28(23,24(13)34)25(18)38-17(5)33/h12,18-23,25H,1,8-11H2,2-7H3. The van der Waals surface area contributed by atoms with Crippen molar-refractivity contribution in [3.05, 3.63) is 12.2 Å². The fourth-order valence-electron chi connectivity index (χ4n) is 8.44. The molecule has 4 fully saturated rings. The van der Waals surface area contributed by atoms with E-state index in [2.05, 4.69) is 6.58 Å². The van der Waals surface area contributed by atoms with E-state index in [4.69, 9.17) is 18.9 Å². The van der Waals surface area contributed by atoms with Gasteiger partial charge in [-0.1, -0.05) is 20.4 Å².